The van der Waals surface area contributed by atoms with Gasteiger partial charge >= 0.3 is 6.03 Å². The summed E-state index contributed by atoms with van der Waals surface area (Å²) in [4.78, 5) is 22.3. The van der Waals surface area contributed by atoms with Gasteiger partial charge in [0.2, 0.25) is 5.91 Å². The van der Waals surface area contributed by atoms with Crippen molar-refractivity contribution >= 4 is 11.9 Å². The lowest BCUT2D eigenvalue weighted by Crippen LogP contribution is -2.56. The highest BCUT2D eigenvalue weighted by molar-refractivity contribution is 5.74. The average Bonchev–Trinajstić information content (AvgIpc) is 1.92. The zero-order chi connectivity index (χ0) is 9.84. The number of hydrogen-bond acceptors (Lipinski definition) is 3. The molecular formula is C7H13N3O3. The average molecular weight is 187 g/mol. The van der Waals surface area contributed by atoms with Crippen molar-refractivity contribution in [2.24, 2.45) is 11.5 Å². The maximum Gasteiger partial charge on any atom is 0.314 e. The summed E-state index contributed by atoms with van der Waals surface area (Å²) in [7, 11) is 0. The van der Waals surface area contributed by atoms with Crippen molar-refractivity contribution in [2.75, 3.05) is 19.7 Å². The first-order chi connectivity index (χ1) is 6.09. The molecular weight excluding hydrogens is 174 g/mol. The number of primary amides is 2. The monoisotopic (exact) mass is 187 g/mol. The van der Waals surface area contributed by atoms with Gasteiger partial charge in [0.25, 0.3) is 0 Å². The molecule has 0 bridgehead atoms. The molecule has 1 saturated heterocycles. The van der Waals surface area contributed by atoms with Gasteiger partial charge in [0, 0.05) is 6.42 Å². The lowest BCUT2D eigenvalue weighted by atomic mass is 10.2. The van der Waals surface area contributed by atoms with Gasteiger partial charge in [0.1, 0.15) is 0 Å². The van der Waals surface area contributed by atoms with Crippen molar-refractivity contribution in [1.29, 1.82) is 0 Å². The molecule has 3 amide bonds. The Kier molecular flexibility index (Phi) is 3.07. The molecule has 13 heavy (non-hydrogen) atoms. The van der Waals surface area contributed by atoms with E-state index >= 15 is 0 Å². The number of carbonyl (C=O) groups is 2. The maximum absolute atomic E-state index is 10.5. The molecule has 0 aromatic rings. The number of likely N-dealkylation sites (tertiary alicyclic amines) is 1. The molecule has 0 spiro atoms. The maximum atomic E-state index is 10.5. The number of urea groups is 1. The third-order valence-electron chi connectivity index (χ3n) is 1.86. The molecule has 0 aromatic carbocycles. The van der Waals surface area contributed by atoms with Crippen LogP contribution in [0.4, 0.5) is 4.79 Å². The Bertz CT molecular complexity index is 213. The standard InChI is InChI=1S/C7H13N3O3/c8-6(11)1-2-13-5-3-10(4-5)7(9)12/h5H,1-4H2,(H2,8,11)(H2,9,12). The predicted octanol–water partition coefficient (Wildman–Crippen LogP) is -1.36. The number of hydrogen-bond donors (Lipinski definition) is 2. The predicted molar refractivity (Wildman–Crippen MR) is 44.7 cm³/mol. The zero-order valence-corrected chi connectivity index (χ0v) is 7.23. The molecule has 0 radical (unpaired) electrons. The Morgan fingerprint density at radius 3 is 2.46 bits per heavy atom. The smallest absolute Gasteiger partial charge is 0.314 e. The first-order valence-corrected chi connectivity index (χ1v) is 4.04. The van der Waals surface area contributed by atoms with Crippen molar-refractivity contribution < 1.29 is 14.3 Å². The molecule has 1 aliphatic heterocycles. The lowest BCUT2D eigenvalue weighted by Gasteiger charge is -2.37. The van der Waals surface area contributed by atoms with Crippen LogP contribution in [0.1, 0.15) is 6.42 Å². The molecule has 0 saturated carbocycles. The minimum Gasteiger partial charge on any atom is -0.374 e. The van der Waals surface area contributed by atoms with Crippen LogP contribution in [0.2, 0.25) is 0 Å². The van der Waals surface area contributed by atoms with E-state index in [9.17, 15) is 9.59 Å². The summed E-state index contributed by atoms with van der Waals surface area (Å²) in [6.07, 6.45) is 0.222. The van der Waals surface area contributed by atoms with Gasteiger partial charge in [-0.15, -0.1) is 0 Å². The van der Waals surface area contributed by atoms with Gasteiger partial charge in [-0.05, 0) is 0 Å². The Morgan fingerprint density at radius 2 is 2.00 bits per heavy atom. The number of rotatable bonds is 4. The van der Waals surface area contributed by atoms with Gasteiger partial charge < -0.3 is 21.1 Å². The van der Waals surface area contributed by atoms with E-state index in [0.29, 0.717) is 19.7 Å². The zero-order valence-electron chi connectivity index (χ0n) is 7.23. The Morgan fingerprint density at radius 1 is 1.38 bits per heavy atom. The first-order valence-electron chi connectivity index (χ1n) is 4.04. The summed E-state index contributed by atoms with van der Waals surface area (Å²) in [5.41, 5.74) is 9.90. The molecule has 1 heterocycles. The minimum absolute atomic E-state index is 0.00634. The van der Waals surface area contributed by atoms with E-state index < -0.39 is 6.03 Å². The van der Waals surface area contributed by atoms with Crippen LogP contribution in [-0.2, 0) is 9.53 Å². The Balaban J connectivity index is 2.02. The first kappa shape index (κ1) is 9.79. The molecule has 0 unspecified atom stereocenters. The highest BCUT2D eigenvalue weighted by Crippen LogP contribution is 2.10. The normalized spacial score (nSPS) is 16.8. The molecule has 0 atom stereocenters. The third kappa shape index (κ3) is 2.90. The topological polar surface area (TPSA) is 98.7 Å². The number of nitrogens with two attached hydrogens (primary N) is 2. The number of ether oxygens (including phenoxy) is 1. The van der Waals surface area contributed by atoms with Crippen LogP contribution in [0.5, 0.6) is 0 Å². The van der Waals surface area contributed by atoms with E-state index in [4.69, 9.17) is 16.2 Å². The van der Waals surface area contributed by atoms with E-state index in [1.165, 1.54) is 4.90 Å². The summed E-state index contributed by atoms with van der Waals surface area (Å²) in [6, 6.07) is -0.435. The van der Waals surface area contributed by atoms with Gasteiger partial charge in [-0.2, -0.15) is 0 Å². The summed E-state index contributed by atoms with van der Waals surface area (Å²) in [5, 5.41) is 0. The van der Waals surface area contributed by atoms with Gasteiger partial charge in [-0.3, -0.25) is 4.79 Å². The molecule has 1 fully saturated rings. The molecule has 74 valence electrons. The van der Waals surface area contributed by atoms with Crippen LogP contribution >= 0.6 is 0 Å². The van der Waals surface area contributed by atoms with Crippen molar-refractivity contribution in [2.45, 2.75) is 12.5 Å². The number of amides is 3. The quantitative estimate of drug-likeness (QED) is 0.568. The van der Waals surface area contributed by atoms with E-state index in [-0.39, 0.29) is 18.4 Å². The van der Waals surface area contributed by atoms with Crippen LogP contribution in [0.15, 0.2) is 0 Å². The van der Waals surface area contributed by atoms with Crippen LogP contribution in [0, 0.1) is 0 Å². The van der Waals surface area contributed by atoms with Crippen molar-refractivity contribution in [3.63, 3.8) is 0 Å². The van der Waals surface area contributed by atoms with Crippen LogP contribution in [0.25, 0.3) is 0 Å². The summed E-state index contributed by atoms with van der Waals surface area (Å²) in [6.45, 7) is 1.33. The summed E-state index contributed by atoms with van der Waals surface area (Å²) < 4.78 is 5.22. The molecule has 1 aliphatic rings. The van der Waals surface area contributed by atoms with Crippen LogP contribution in [0.3, 0.4) is 0 Å². The van der Waals surface area contributed by atoms with Crippen LogP contribution in [-0.4, -0.2) is 42.6 Å². The van der Waals surface area contributed by atoms with Crippen molar-refractivity contribution in [1.82, 2.24) is 4.90 Å². The lowest BCUT2D eigenvalue weighted by molar-refractivity contribution is -0.120. The highest BCUT2D eigenvalue weighted by Gasteiger charge is 2.29. The van der Waals surface area contributed by atoms with Crippen LogP contribution < -0.4 is 11.5 Å². The third-order valence-corrected chi connectivity index (χ3v) is 1.86. The van der Waals surface area contributed by atoms with E-state index in [1.54, 1.807) is 0 Å². The number of carbonyl (C=O) groups excluding carboxylic acids is 2. The van der Waals surface area contributed by atoms with E-state index in [1.807, 2.05) is 0 Å². The largest absolute Gasteiger partial charge is 0.374 e. The molecule has 0 aliphatic carbocycles. The Labute approximate surface area is 75.8 Å². The molecule has 6 heteroatoms. The fourth-order valence-corrected chi connectivity index (χ4v) is 1.05. The fourth-order valence-electron chi connectivity index (χ4n) is 1.05. The second-order valence-corrected chi connectivity index (χ2v) is 2.95. The second kappa shape index (κ2) is 4.08. The second-order valence-electron chi connectivity index (χ2n) is 2.95. The molecule has 1 rings (SSSR count). The summed E-state index contributed by atoms with van der Waals surface area (Å²) >= 11 is 0. The van der Waals surface area contributed by atoms with Gasteiger partial charge in [0.15, 0.2) is 0 Å². The molecule has 4 N–H and O–H groups in total. The number of nitrogens with zero attached hydrogens (tertiary/aromatic N) is 1. The van der Waals surface area contributed by atoms with Gasteiger partial charge in [0.05, 0.1) is 25.8 Å². The molecule has 6 nitrogen and oxygen atoms in total. The fraction of sp³-hybridized carbons (Fsp3) is 0.714. The Hall–Kier alpha value is -1.30. The minimum atomic E-state index is -0.435. The van der Waals surface area contributed by atoms with E-state index in [0.717, 1.165) is 0 Å². The SMILES string of the molecule is NC(=O)CCOC1CN(C(N)=O)C1. The van der Waals surface area contributed by atoms with Gasteiger partial charge in [-0.1, -0.05) is 0 Å². The van der Waals surface area contributed by atoms with E-state index in [2.05, 4.69) is 0 Å². The summed E-state index contributed by atoms with van der Waals surface area (Å²) in [5.74, 6) is -0.383. The highest BCUT2D eigenvalue weighted by atomic mass is 16.5. The van der Waals surface area contributed by atoms with Gasteiger partial charge in [-0.25, -0.2) is 4.79 Å². The van der Waals surface area contributed by atoms with Crippen molar-refractivity contribution in [3.8, 4) is 0 Å². The molecule has 0 aromatic heterocycles. The van der Waals surface area contributed by atoms with Crippen molar-refractivity contribution in [3.05, 3.63) is 0 Å².